The van der Waals surface area contributed by atoms with E-state index < -0.39 is 0 Å². The quantitative estimate of drug-likeness (QED) is 0.826. The zero-order chi connectivity index (χ0) is 17.8. The van der Waals surface area contributed by atoms with Crippen LogP contribution in [0.5, 0.6) is 0 Å². The third-order valence-corrected chi connectivity index (χ3v) is 5.79. The molecule has 0 aromatic heterocycles. The van der Waals surface area contributed by atoms with Crippen LogP contribution < -0.4 is 0 Å². The average molecular weight is 359 g/mol. The molecule has 25 heavy (non-hydrogen) atoms. The Balaban J connectivity index is 1.70. The van der Waals surface area contributed by atoms with Gasteiger partial charge in [-0.1, -0.05) is 30.3 Å². The second-order valence-electron chi connectivity index (χ2n) is 6.70. The summed E-state index contributed by atoms with van der Waals surface area (Å²) in [6.45, 7) is 2.14. The van der Waals surface area contributed by atoms with Crippen LogP contribution in [0.3, 0.4) is 0 Å². The maximum atomic E-state index is 12.8. The number of likely N-dealkylation sites (tertiary alicyclic amines) is 1. The monoisotopic (exact) mass is 359 g/mol. The van der Waals surface area contributed by atoms with Gasteiger partial charge in [-0.3, -0.25) is 9.59 Å². The summed E-state index contributed by atoms with van der Waals surface area (Å²) in [5.74, 6) is 0.398. The average Bonchev–Trinajstić information content (AvgIpc) is 2.64. The van der Waals surface area contributed by atoms with Crippen molar-refractivity contribution in [2.24, 2.45) is 0 Å². The van der Waals surface area contributed by atoms with Gasteiger partial charge in [-0.25, -0.2) is 0 Å². The Morgan fingerprint density at radius 3 is 2.60 bits per heavy atom. The van der Waals surface area contributed by atoms with Gasteiger partial charge in [0, 0.05) is 13.1 Å². The SMILES string of the molecule is CN1CCC(N(C)C(=O)CN2C(=O)CSC=C2c2ccccc2)CC1. The fourth-order valence-electron chi connectivity index (χ4n) is 3.31. The number of amides is 2. The number of nitrogens with zero attached hydrogens (tertiary/aromatic N) is 3. The first kappa shape index (κ1) is 18.0. The van der Waals surface area contributed by atoms with Crippen LogP contribution in [0, 0.1) is 0 Å². The van der Waals surface area contributed by atoms with E-state index in [1.807, 2.05) is 47.7 Å². The summed E-state index contributed by atoms with van der Waals surface area (Å²) < 4.78 is 0. The van der Waals surface area contributed by atoms with Gasteiger partial charge in [-0.05, 0) is 44.0 Å². The Labute approximate surface area is 153 Å². The summed E-state index contributed by atoms with van der Waals surface area (Å²) >= 11 is 1.49. The lowest BCUT2D eigenvalue weighted by Crippen LogP contribution is -2.48. The zero-order valence-corrected chi connectivity index (χ0v) is 15.7. The van der Waals surface area contributed by atoms with E-state index in [4.69, 9.17) is 0 Å². The van der Waals surface area contributed by atoms with Crippen LogP contribution in [-0.4, -0.2) is 72.0 Å². The number of hydrogen-bond donors (Lipinski definition) is 0. The Hall–Kier alpha value is -1.79. The first-order chi connectivity index (χ1) is 12.1. The van der Waals surface area contributed by atoms with Crippen molar-refractivity contribution in [3.05, 3.63) is 41.3 Å². The topological polar surface area (TPSA) is 43.9 Å². The van der Waals surface area contributed by atoms with Gasteiger partial charge in [-0.2, -0.15) is 0 Å². The van der Waals surface area contributed by atoms with Crippen molar-refractivity contribution in [2.45, 2.75) is 18.9 Å². The lowest BCUT2D eigenvalue weighted by Gasteiger charge is -2.36. The molecule has 134 valence electrons. The first-order valence-electron chi connectivity index (χ1n) is 8.68. The number of benzene rings is 1. The number of carbonyl (C=O) groups excluding carboxylic acids is 2. The molecule has 0 aliphatic carbocycles. The second-order valence-corrected chi connectivity index (χ2v) is 7.56. The lowest BCUT2D eigenvalue weighted by atomic mass is 10.0. The fraction of sp³-hybridized carbons (Fsp3) is 0.474. The van der Waals surface area contributed by atoms with Crippen LogP contribution >= 0.6 is 11.8 Å². The molecule has 2 amide bonds. The van der Waals surface area contributed by atoms with E-state index in [0.717, 1.165) is 37.2 Å². The number of carbonyl (C=O) groups is 2. The van der Waals surface area contributed by atoms with Crippen molar-refractivity contribution in [1.29, 1.82) is 0 Å². The molecule has 0 spiro atoms. The predicted octanol–water partition coefficient (Wildman–Crippen LogP) is 2.11. The Morgan fingerprint density at radius 2 is 1.92 bits per heavy atom. The van der Waals surface area contributed by atoms with Crippen LogP contribution in [0.15, 0.2) is 35.7 Å². The zero-order valence-electron chi connectivity index (χ0n) is 14.9. The molecule has 0 saturated carbocycles. The summed E-state index contributed by atoms with van der Waals surface area (Å²) in [4.78, 5) is 31.0. The second kappa shape index (κ2) is 8.06. The molecule has 1 saturated heterocycles. The van der Waals surface area contributed by atoms with Crippen molar-refractivity contribution < 1.29 is 9.59 Å². The Bertz CT molecular complexity index is 654. The molecule has 1 fully saturated rings. The summed E-state index contributed by atoms with van der Waals surface area (Å²) in [5.41, 5.74) is 1.80. The minimum absolute atomic E-state index is 0.00326. The summed E-state index contributed by atoms with van der Waals surface area (Å²) in [6, 6.07) is 10.1. The van der Waals surface area contributed by atoms with Crippen LogP contribution in [0.2, 0.25) is 0 Å². The van der Waals surface area contributed by atoms with E-state index >= 15 is 0 Å². The van der Waals surface area contributed by atoms with Crippen LogP contribution in [-0.2, 0) is 9.59 Å². The molecular weight excluding hydrogens is 334 g/mol. The maximum Gasteiger partial charge on any atom is 0.242 e. The minimum Gasteiger partial charge on any atom is -0.341 e. The van der Waals surface area contributed by atoms with Gasteiger partial charge in [0.15, 0.2) is 0 Å². The molecule has 2 heterocycles. The highest BCUT2D eigenvalue weighted by molar-refractivity contribution is 8.03. The van der Waals surface area contributed by atoms with Gasteiger partial charge >= 0.3 is 0 Å². The molecule has 0 atom stereocenters. The van der Waals surface area contributed by atoms with Crippen molar-refractivity contribution in [2.75, 3.05) is 39.5 Å². The molecule has 1 aromatic rings. The van der Waals surface area contributed by atoms with E-state index in [1.54, 1.807) is 4.90 Å². The Morgan fingerprint density at radius 1 is 1.24 bits per heavy atom. The fourth-order valence-corrected chi connectivity index (χ4v) is 4.11. The van der Waals surface area contributed by atoms with Crippen LogP contribution in [0.1, 0.15) is 18.4 Å². The largest absolute Gasteiger partial charge is 0.341 e. The molecule has 0 unspecified atom stereocenters. The van der Waals surface area contributed by atoms with Gasteiger partial charge in [0.1, 0.15) is 6.54 Å². The highest BCUT2D eigenvalue weighted by Crippen LogP contribution is 2.28. The number of likely N-dealkylation sites (N-methyl/N-ethyl adjacent to an activating group) is 1. The van der Waals surface area contributed by atoms with Crippen molar-refractivity contribution >= 4 is 29.3 Å². The van der Waals surface area contributed by atoms with Crippen LogP contribution in [0.25, 0.3) is 5.70 Å². The first-order valence-corrected chi connectivity index (χ1v) is 9.73. The lowest BCUT2D eigenvalue weighted by molar-refractivity contribution is -0.137. The van der Waals surface area contributed by atoms with Crippen LogP contribution in [0.4, 0.5) is 0 Å². The standard InChI is InChI=1S/C19H25N3O2S/c1-20-10-8-16(9-11-20)21(2)18(23)12-22-17(13-25-14-19(22)24)15-6-4-3-5-7-15/h3-7,13,16H,8-12,14H2,1-2H3. The molecule has 3 rings (SSSR count). The van der Waals surface area contributed by atoms with Gasteiger partial charge in [-0.15, -0.1) is 11.8 Å². The van der Waals surface area contributed by atoms with E-state index in [0.29, 0.717) is 5.75 Å². The number of thioether (sulfide) groups is 1. The Kier molecular flexibility index (Phi) is 5.81. The summed E-state index contributed by atoms with van der Waals surface area (Å²) in [5, 5.41) is 1.99. The highest BCUT2D eigenvalue weighted by atomic mass is 32.2. The van der Waals surface area contributed by atoms with Gasteiger partial charge < -0.3 is 14.7 Å². The predicted molar refractivity (Wildman–Crippen MR) is 102 cm³/mol. The van der Waals surface area contributed by atoms with Crippen molar-refractivity contribution in [3.63, 3.8) is 0 Å². The molecule has 1 aromatic carbocycles. The molecule has 0 radical (unpaired) electrons. The molecule has 0 bridgehead atoms. The molecule has 6 heteroatoms. The van der Waals surface area contributed by atoms with Gasteiger partial charge in [0.25, 0.3) is 0 Å². The molecule has 0 N–H and O–H groups in total. The minimum atomic E-state index is -0.00326. The van der Waals surface area contributed by atoms with E-state index in [-0.39, 0.29) is 24.4 Å². The third kappa shape index (κ3) is 4.25. The van der Waals surface area contributed by atoms with Gasteiger partial charge in [0.05, 0.1) is 11.4 Å². The highest BCUT2D eigenvalue weighted by Gasteiger charge is 2.29. The third-order valence-electron chi connectivity index (χ3n) is 4.99. The summed E-state index contributed by atoms with van der Waals surface area (Å²) in [6.07, 6.45) is 1.98. The van der Waals surface area contributed by atoms with E-state index in [9.17, 15) is 9.59 Å². The van der Waals surface area contributed by atoms with E-state index in [2.05, 4.69) is 11.9 Å². The maximum absolute atomic E-state index is 12.8. The molecule has 2 aliphatic heterocycles. The van der Waals surface area contributed by atoms with Gasteiger partial charge in [0.2, 0.25) is 11.8 Å². The molecular formula is C19H25N3O2S. The normalized spacial score (nSPS) is 19.7. The van der Waals surface area contributed by atoms with E-state index in [1.165, 1.54) is 11.8 Å². The van der Waals surface area contributed by atoms with Crippen molar-refractivity contribution in [3.8, 4) is 0 Å². The van der Waals surface area contributed by atoms with Crippen molar-refractivity contribution in [1.82, 2.24) is 14.7 Å². The molecule has 2 aliphatic rings. The summed E-state index contributed by atoms with van der Waals surface area (Å²) in [7, 11) is 3.98. The smallest absolute Gasteiger partial charge is 0.242 e. The molecule has 5 nitrogen and oxygen atoms in total. The number of hydrogen-bond acceptors (Lipinski definition) is 4. The number of piperidine rings is 1. The number of rotatable bonds is 4.